The quantitative estimate of drug-likeness (QED) is 0.470. The Kier molecular flexibility index (Phi) is 6.23. The van der Waals surface area contributed by atoms with Gasteiger partial charge in [0.2, 0.25) is 0 Å². The number of hydrogen-bond donors (Lipinski definition) is 0. The molecule has 0 spiro atoms. The first kappa shape index (κ1) is 14.2. The first-order valence-electron chi connectivity index (χ1n) is 5.63. The Labute approximate surface area is 94.3 Å². The number of allylic oxidation sites excluding steroid dienone is 4. The molecule has 1 heteroatoms. The topological polar surface area (TPSA) is 17.1 Å². The molecular weight excluding hydrogens is 184 g/mol. The number of carbonyl (C=O) groups is 1. The van der Waals surface area contributed by atoms with Crippen LogP contribution in [0, 0.1) is 5.41 Å². The van der Waals surface area contributed by atoms with E-state index in [0.29, 0.717) is 0 Å². The molecule has 0 radical (unpaired) electrons. The molecule has 0 aliphatic rings. The summed E-state index contributed by atoms with van der Waals surface area (Å²) in [5.41, 5.74) is 2.54. The molecule has 0 atom stereocenters. The molecule has 1 nitrogen and oxygen atoms in total. The van der Waals surface area contributed by atoms with Crippen molar-refractivity contribution in [1.82, 2.24) is 0 Å². The van der Waals surface area contributed by atoms with E-state index in [9.17, 15) is 4.79 Å². The lowest BCUT2D eigenvalue weighted by Crippen LogP contribution is -2.11. The van der Waals surface area contributed by atoms with Crippen LogP contribution in [0.15, 0.2) is 23.3 Å². The molecule has 0 aromatic carbocycles. The van der Waals surface area contributed by atoms with Crippen molar-refractivity contribution in [3.05, 3.63) is 23.3 Å². The van der Waals surface area contributed by atoms with Gasteiger partial charge in [-0.25, -0.2) is 0 Å². The summed E-state index contributed by atoms with van der Waals surface area (Å²) in [5, 5.41) is 0. The summed E-state index contributed by atoms with van der Waals surface area (Å²) >= 11 is 0. The van der Waals surface area contributed by atoms with E-state index in [4.69, 9.17) is 0 Å². The standard InChI is InChI=1S/C14H24O/c1-12(2)7-6-8-13(3)9-10-14(4,5)11-15/h7,9,11H,6,8,10H2,1-5H3. The first-order valence-corrected chi connectivity index (χ1v) is 5.63. The van der Waals surface area contributed by atoms with Crippen molar-refractivity contribution >= 4 is 6.29 Å². The average Bonchev–Trinajstić information content (AvgIpc) is 2.14. The fourth-order valence-corrected chi connectivity index (χ4v) is 1.18. The van der Waals surface area contributed by atoms with Crippen molar-refractivity contribution in [2.45, 2.75) is 53.9 Å². The molecule has 0 aliphatic carbocycles. The molecule has 0 rings (SSSR count). The summed E-state index contributed by atoms with van der Waals surface area (Å²) in [4.78, 5) is 10.7. The molecule has 0 aromatic heterocycles. The van der Waals surface area contributed by atoms with Gasteiger partial charge in [0.25, 0.3) is 0 Å². The zero-order valence-electron chi connectivity index (χ0n) is 10.8. The Hall–Kier alpha value is -0.850. The minimum absolute atomic E-state index is 0.211. The van der Waals surface area contributed by atoms with Crippen LogP contribution in [0.2, 0.25) is 0 Å². The van der Waals surface area contributed by atoms with Gasteiger partial charge in [-0.2, -0.15) is 0 Å². The number of carbonyl (C=O) groups excluding carboxylic acids is 1. The minimum atomic E-state index is -0.211. The number of aldehydes is 1. The lowest BCUT2D eigenvalue weighted by atomic mass is 9.90. The van der Waals surface area contributed by atoms with Crippen LogP contribution in [0.3, 0.4) is 0 Å². The van der Waals surface area contributed by atoms with Gasteiger partial charge in [-0.1, -0.05) is 37.1 Å². The van der Waals surface area contributed by atoms with E-state index in [1.54, 1.807) is 0 Å². The zero-order valence-corrected chi connectivity index (χ0v) is 10.8. The maximum absolute atomic E-state index is 10.7. The van der Waals surface area contributed by atoms with E-state index >= 15 is 0 Å². The summed E-state index contributed by atoms with van der Waals surface area (Å²) in [6, 6.07) is 0. The second-order valence-corrected chi connectivity index (χ2v) is 5.18. The highest BCUT2D eigenvalue weighted by Gasteiger charge is 2.13. The maximum atomic E-state index is 10.7. The SMILES string of the molecule is CC(C)=CCCC(C)=CCC(C)(C)C=O. The van der Waals surface area contributed by atoms with Crippen LogP contribution in [-0.4, -0.2) is 6.29 Å². The van der Waals surface area contributed by atoms with E-state index in [1.807, 2.05) is 13.8 Å². The van der Waals surface area contributed by atoms with Crippen molar-refractivity contribution < 1.29 is 4.79 Å². The molecular formula is C14H24O. The molecule has 0 bridgehead atoms. The van der Waals surface area contributed by atoms with Crippen LogP contribution < -0.4 is 0 Å². The van der Waals surface area contributed by atoms with Crippen LogP contribution in [-0.2, 0) is 4.79 Å². The monoisotopic (exact) mass is 208 g/mol. The number of hydrogen-bond acceptors (Lipinski definition) is 1. The molecule has 0 saturated carbocycles. The minimum Gasteiger partial charge on any atom is -0.303 e. The third-order valence-corrected chi connectivity index (χ3v) is 2.39. The maximum Gasteiger partial charge on any atom is 0.125 e. The summed E-state index contributed by atoms with van der Waals surface area (Å²) in [7, 11) is 0. The predicted molar refractivity (Wildman–Crippen MR) is 66.9 cm³/mol. The van der Waals surface area contributed by atoms with E-state index in [-0.39, 0.29) is 5.41 Å². The largest absolute Gasteiger partial charge is 0.303 e. The Morgan fingerprint density at radius 3 is 2.20 bits per heavy atom. The van der Waals surface area contributed by atoms with Crippen molar-refractivity contribution in [3.63, 3.8) is 0 Å². The molecule has 0 saturated heterocycles. The Balaban J connectivity index is 4.00. The van der Waals surface area contributed by atoms with Gasteiger partial charge in [0, 0.05) is 5.41 Å². The summed E-state index contributed by atoms with van der Waals surface area (Å²) in [6.07, 6.45) is 8.52. The van der Waals surface area contributed by atoms with Crippen molar-refractivity contribution in [1.29, 1.82) is 0 Å². The van der Waals surface area contributed by atoms with Gasteiger partial charge in [-0.05, 0) is 40.0 Å². The Morgan fingerprint density at radius 2 is 1.73 bits per heavy atom. The molecule has 0 amide bonds. The molecule has 0 aromatic rings. The highest BCUT2D eigenvalue weighted by atomic mass is 16.1. The summed E-state index contributed by atoms with van der Waals surface area (Å²) < 4.78 is 0. The average molecular weight is 208 g/mol. The molecule has 0 N–H and O–H groups in total. The second-order valence-electron chi connectivity index (χ2n) is 5.18. The third-order valence-electron chi connectivity index (χ3n) is 2.39. The number of rotatable bonds is 6. The Morgan fingerprint density at radius 1 is 1.13 bits per heavy atom. The highest BCUT2D eigenvalue weighted by Crippen LogP contribution is 2.19. The van der Waals surface area contributed by atoms with Crippen molar-refractivity contribution in [2.24, 2.45) is 5.41 Å². The van der Waals surface area contributed by atoms with Gasteiger partial charge < -0.3 is 4.79 Å². The lowest BCUT2D eigenvalue weighted by Gasteiger charge is -2.13. The van der Waals surface area contributed by atoms with Crippen LogP contribution in [0.4, 0.5) is 0 Å². The van der Waals surface area contributed by atoms with Crippen LogP contribution in [0.25, 0.3) is 0 Å². The zero-order chi connectivity index (χ0) is 11.9. The molecule has 15 heavy (non-hydrogen) atoms. The molecule has 0 aliphatic heterocycles. The second kappa shape index (κ2) is 6.60. The van der Waals surface area contributed by atoms with Gasteiger partial charge in [0.05, 0.1) is 0 Å². The van der Waals surface area contributed by atoms with Gasteiger partial charge in [0.1, 0.15) is 6.29 Å². The van der Waals surface area contributed by atoms with E-state index < -0.39 is 0 Å². The Bertz CT molecular complexity index is 253. The lowest BCUT2D eigenvalue weighted by molar-refractivity contribution is -0.114. The fourth-order valence-electron chi connectivity index (χ4n) is 1.18. The van der Waals surface area contributed by atoms with E-state index in [0.717, 1.165) is 25.5 Å². The first-order chi connectivity index (χ1) is 6.87. The predicted octanol–water partition coefficient (Wildman–Crippen LogP) is 4.29. The molecule has 0 unspecified atom stereocenters. The van der Waals surface area contributed by atoms with E-state index in [2.05, 4.69) is 32.9 Å². The van der Waals surface area contributed by atoms with Crippen LogP contribution in [0.1, 0.15) is 53.9 Å². The van der Waals surface area contributed by atoms with Gasteiger partial charge >= 0.3 is 0 Å². The van der Waals surface area contributed by atoms with Gasteiger partial charge in [-0.3, -0.25) is 0 Å². The van der Waals surface area contributed by atoms with Crippen LogP contribution >= 0.6 is 0 Å². The third kappa shape index (κ3) is 8.17. The molecule has 0 heterocycles. The summed E-state index contributed by atoms with van der Waals surface area (Å²) in [5.74, 6) is 0. The van der Waals surface area contributed by atoms with Crippen molar-refractivity contribution in [2.75, 3.05) is 0 Å². The van der Waals surface area contributed by atoms with Gasteiger partial charge in [0.15, 0.2) is 0 Å². The summed E-state index contributed by atoms with van der Waals surface area (Å²) in [6.45, 7) is 10.3. The molecule has 86 valence electrons. The highest BCUT2D eigenvalue weighted by molar-refractivity contribution is 5.58. The normalized spacial score (nSPS) is 12.5. The van der Waals surface area contributed by atoms with Gasteiger partial charge in [-0.15, -0.1) is 0 Å². The van der Waals surface area contributed by atoms with Crippen LogP contribution in [0.5, 0.6) is 0 Å². The molecule has 0 fully saturated rings. The van der Waals surface area contributed by atoms with E-state index in [1.165, 1.54) is 11.1 Å². The fraction of sp³-hybridized carbons (Fsp3) is 0.643. The van der Waals surface area contributed by atoms with Crippen molar-refractivity contribution in [3.8, 4) is 0 Å². The smallest absolute Gasteiger partial charge is 0.125 e.